The van der Waals surface area contributed by atoms with Crippen LogP contribution in [0.15, 0.2) is 18.2 Å². The second-order valence-electron chi connectivity index (χ2n) is 4.48. The molecule has 0 aliphatic carbocycles. The maximum absolute atomic E-state index is 12.5. The van der Waals surface area contributed by atoms with E-state index in [-0.39, 0.29) is 22.8 Å². The zero-order chi connectivity index (χ0) is 14.9. The molecular weight excluding hydrogens is 282 g/mol. The molecule has 0 bridgehead atoms. The fourth-order valence-electron chi connectivity index (χ4n) is 2.16. The SMILES string of the molecule is CCC1C(=O)NC(=O)CN1C(=O)c1cccc(N)c1Cl. The van der Waals surface area contributed by atoms with Crippen LogP contribution in [-0.2, 0) is 9.59 Å². The van der Waals surface area contributed by atoms with Gasteiger partial charge in [-0.3, -0.25) is 19.7 Å². The van der Waals surface area contributed by atoms with Crippen molar-refractivity contribution >= 4 is 35.0 Å². The van der Waals surface area contributed by atoms with E-state index in [0.717, 1.165) is 0 Å². The number of hydrogen-bond donors (Lipinski definition) is 2. The topological polar surface area (TPSA) is 92.5 Å². The van der Waals surface area contributed by atoms with Gasteiger partial charge in [0.2, 0.25) is 11.8 Å². The van der Waals surface area contributed by atoms with Gasteiger partial charge in [-0.15, -0.1) is 0 Å². The molecule has 1 aliphatic rings. The summed E-state index contributed by atoms with van der Waals surface area (Å²) in [6.45, 7) is 1.59. The number of carbonyl (C=O) groups excluding carboxylic acids is 3. The molecule has 0 aromatic heterocycles. The summed E-state index contributed by atoms with van der Waals surface area (Å²) in [7, 11) is 0. The highest BCUT2D eigenvalue weighted by Crippen LogP contribution is 2.25. The van der Waals surface area contributed by atoms with Crippen molar-refractivity contribution < 1.29 is 14.4 Å². The van der Waals surface area contributed by atoms with Crippen LogP contribution in [0.25, 0.3) is 0 Å². The van der Waals surface area contributed by atoms with Gasteiger partial charge >= 0.3 is 0 Å². The second-order valence-corrected chi connectivity index (χ2v) is 4.86. The molecule has 1 aromatic rings. The fraction of sp³-hybridized carbons (Fsp3) is 0.308. The lowest BCUT2D eigenvalue weighted by Gasteiger charge is -2.33. The molecule has 6 nitrogen and oxygen atoms in total. The molecule has 3 N–H and O–H groups in total. The first-order valence-corrected chi connectivity index (χ1v) is 6.52. The summed E-state index contributed by atoms with van der Waals surface area (Å²) in [6, 6.07) is 4.01. The smallest absolute Gasteiger partial charge is 0.256 e. The Morgan fingerprint density at radius 2 is 2.20 bits per heavy atom. The molecule has 106 valence electrons. The number of nitrogens with two attached hydrogens (primary N) is 1. The van der Waals surface area contributed by atoms with Gasteiger partial charge in [0.1, 0.15) is 12.6 Å². The zero-order valence-corrected chi connectivity index (χ0v) is 11.6. The van der Waals surface area contributed by atoms with Gasteiger partial charge in [-0.05, 0) is 18.6 Å². The minimum absolute atomic E-state index is 0.130. The van der Waals surface area contributed by atoms with Crippen LogP contribution in [0.3, 0.4) is 0 Å². The zero-order valence-electron chi connectivity index (χ0n) is 10.9. The highest BCUT2D eigenvalue weighted by atomic mass is 35.5. The van der Waals surface area contributed by atoms with Crippen LogP contribution in [0.2, 0.25) is 5.02 Å². The van der Waals surface area contributed by atoms with Gasteiger partial charge in [0.05, 0.1) is 16.3 Å². The molecule has 1 atom stereocenters. The molecule has 1 unspecified atom stereocenters. The van der Waals surface area contributed by atoms with Gasteiger partial charge in [0.25, 0.3) is 5.91 Å². The van der Waals surface area contributed by atoms with Crippen LogP contribution in [0, 0.1) is 0 Å². The number of rotatable bonds is 2. The lowest BCUT2D eigenvalue weighted by molar-refractivity contribution is -0.138. The van der Waals surface area contributed by atoms with Crippen molar-refractivity contribution in [2.75, 3.05) is 12.3 Å². The van der Waals surface area contributed by atoms with Gasteiger partial charge in [0, 0.05) is 0 Å². The molecule has 1 aliphatic heterocycles. The van der Waals surface area contributed by atoms with Crippen molar-refractivity contribution in [1.82, 2.24) is 10.2 Å². The van der Waals surface area contributed by atoms with Crippen LogP contribution in [0.4, 0.5) is 5.69 Å². The number of carbonyl (C=O) groups is 3. The lowest BCUT2D eigenvalue weighted by Crippen LogP contribution is -2.59. The number of nitrogen functional groups attached to an aromatic ring is 1. The molecule has 0 spiro atoms. The molecule has 20 heavy (non-hydrogen) atoms. The molecule has 1 saturated heterocycles. The fourth-order valence-corrected chi connectivity index (χ4v) is 2.36. The summed E-state index contributed by atoms with van der Waals surface area (Å²) in [5.74, 6) is -1.46. The van der Waals surface area contributed by atoms with Crippen molar-refractivity contribution in [3.63, 3.8) is 0 Å². The van der Waals surface area contributed by atoms with E-state index < -0.39 is 23.8 Å². The molecule has 3 amide bonds. The summed E-state index contributed by atoms with van der Waals surface area (Å²) >= 11 is 6.01. The van der Waals surface area contributed by atoms with Gasteiger partial charge in [-0.2, -0.15) is 0 Å². The predicted octanol–water partition coefficient (Wildman–Crippen LogP) is 0.799. The molecule has 7 heteroatoms. The highest BCUT2D eigenvalue weighted by molar-refractivity contribution is 6.36. The Morgan fingerprint density at radius 3 is 2.85 bits per heavy atom. The van der Waals surface area contributed by atoms with Crippen LogP contribution in [0.5, 0.6) is 0 Å². The molecule has 2 rings (SSSR count). The van der Waals surface area contributed by atoms with Gasteiger partial charge in [-0.1, -0.05) is 24.6 Å². The van der Waals surface area contributed by atoms with Gasteiger partial charge in [-0.25, -0.2) is 0 Å². The Balaban J connectivity index is 2.37. The summed E-state index contributed by atoms with van der Waals surface area (Å²) in [6.07, 6.45) is 0.408. The molecule has 0 saturated carbocycles. The molecule has 1 fully saturated rings. The number of imide groups is 1. The first-order chi connectivity index (χ1) is 9.45. The first-order valence-electron chi connectivity index (χ1n) is 6.14. The van der Waals surface area contributed by atoms with Crippen molar-refractivity contribution in [2.45, 2.75) is 19.4 Å². The van der Waals surface area contributed by atoms with E-state index in [1.54, 1.807) is 19.1 Å². The number of halogens is 1. The van der Waals surface area contributed by atoms with Crippen molar-refractivity contribution in [3.8, 4) is 0 Å². The number of piperazine rings is 1. The van der Waals surface area contributed by atoms with Crippen molar-refractivity contribution in [2.24, 2.45) is 0 Å². The third-order valence-electron chi connectivity index (χ3n) is 3.16. The number of amides is 3. The highest BCUT2D eigenvalue weighted by Gasteiger charge is 2.36. The monoisotopic (exact) mass is 295 g/mol. The van der Waals surface area contributed by atoms with E-state index in [0.29, 0.717) is 6.42 Å². The second kappa shape index (κ2) is 5.50. The Labute approximate surface area is 120 Å². The van der Waals surface area contributed by atoms with E-state index in [9.17, 15) is 14.4 Å². The van der Waals surface area contributed by atoms with Crippen molar-refractivity contribution in [1.29, 1.82) is 0 Å². The van der Waals surface area contributed by atoms with E-state index in [2.05, 4.69) is 5.32 Å². The molecular formula is C13H14ClN3O3. The number of hydrogen-bond acceptors (Lipinski definition) is 4. The first kappa shape index (κ1) is 14.3. The van der Waals surface area contributed by atoms with E-state index in [4.69, 9.17) is 17.3 Å². The average molecular weight is 296 g/mol. The molecule has 0 radical (unpaired) electrons. The van der Waals surface area contributed by atoms with Gasteiger partial charge in [0.15, 0.2) is 0 Å². The van der Waals surface area contributed by atoms with Crippen LogP contribution >= 0.6 is 11.6 Å². The quantitative estimate of drug-likeness (QED) is 0.623. The third kappa shape index (κ3) is 2.46. The van der Waals surface area contributed by atoms with Crippen LogP contribution < -0.4 is 11.1 Å². The molecule has 1 heterocycles. The Kier molecular flexibility index (Phi) is 3.94. The molecule has 1 aromatic carbocycles. The number of nitrogens with zero attached hydrogens (tertiary/aromatic N) is 1. The Morgan fingerprint density at radius 1 is 1.50 bits per heavy atom. The minimum Gasteiger partial charge on any atom is -0.398 e. The maximum Gasteiger partial charge on any atom is 0.256 e. The minimum atomic E-state index is -0.683. The average Bonchev–Trinajstić information content (AvgIpc) is 2.40. The maximum atomic E-state index is 12.5. The summed E-state index contributed by atoms with van der Waals surface area (Å²) < 4.78 is 0. The number of nitrogens with one attached hydrogen (secondary N) is 1. The van der Waals surface area contributed by atoms with Crippen LogP contribution in [-0.4, -0.2) is 35.2 Å². The number of anilines is 1. The predicted molar refractivity (Wildman–Crippen MR) is 74.1 cm³/mol. The van der Waals surface area contributed by atoms with E-state index in [1.165, 1.54) is 11.0 Å². The Bertz CT molecular complexity index is 588. The van der Waals surface area contributed by atoms with Crippen molar-refractivity contribution in [3.05, 3.63) is 28.8 Å². The lowest BCUT2D eigenvalue weighted by atomic mass is 10.1. The summed E-state index contributed by atoms with van der Waals surface area (Å²) in [5, 5.41) is 2.34. The summed E-state index contributed by atoms with van der Waals surface area (Å²) in [4.78, 5) is 36.9. The third-order valence-corrected chi connectivity index (χ3v) is 3.58. The van der Waals surface area contributed by atoms with E-state index >= 15 is 0 Å². The summed E-state index contributed by atoms with van der Waals surface area (Å²) in [5.41, 5.74) is 6.12. The Hall–Kier alpha value is -2.08. The number of benzene rings is 1. The normalized spacial score (nSPS) is 18.9. The van der Waals surface area contributed by atoms with Gasteiger partial charge < -0.3 is 10.6 Å². The van der Waals surface area contributed by atoms with Crippen LogP contribution in [0.1, 0.15) is 23.7 Å². The largest absolute Gasteiger partial charge is 0.398 e. The standard InChI is InChI=1S/C13H14ClN3O3/c1-2-9-12(19)16-10(18)6-17(9)13(20)7-4-3-5-8(15)11(7)14/h3-5,9H,2,6,15H2,1H3,(H,16,18,19). The van der Waals surface area contributed by atoms with E-state index in [1.807, 2.05) is 0 Å².